The normalized spacial score (nSPS) is 18.3. The first-order chi connectivity index (χ1) is 16.9. The molecule has 0 aliphatic carbocycles. The van der Waals surface area contributed by atoms with Crippen molar-refractivity contribution in [2.45, 2.75) is 10.9 Å². The molecule has 2 aromatic carbocycles. The average Bonchev–Trinajstić information content (AvgIpc) is 3.47. The number of hydrogen-bond donors (Lipinski definition) is 2. The summed E-state index contributed by atoms with van der Waals surface area (Å²) in [5, 5.41) is 5.20. The van der Waals surface area contributed by atoms with Gasteiger partial charge in [0.15, 0.2) is 11.5 Å². The van der Waals surface area contributed by atoms with Crippen molar-refractivity contribution in [3.05, 3.63) is 65.2 Å². The van der Waals surface area contributed by atoms with Crippen LogP contribution in [0.4, 0.5) is 4.79 Å². The predicted molar refractivity (Wildman–Crippen MR) is 127 cm³/mol. The summed E-state index contributed by atoms with van der Waals surface area (Å²) in [7, 11) is -2.25. The van der Waals surface area contributed by atoms with Gasteiger partial charge in [-0.2, -0.15) is 4.31 Å². The molecule has 2 aromatic rings. The van der Waals surface area contributed by atoms with Gasteiger partial charge in [-0.05, 0) is 28.8 Å². The summed E-state index contributed by atoms with van der Waals surface area (Å²) in [4.78, 5) is 27.2. The van der Waals surface area contributed by atoms with Gasteiger partial charge in [0.25, 0.3) is 0 Å². The number of benzene rings is 2. The van der Waals surface area contributed by atoms with Gasteiger partial charge in [0.05, 0.1) is 4.90 Å². The number of urea groups is 1. The van der Waals surface area contributed by atoms with Gasteiger partial charge in [0.2, 0.25) is 15.9 Å². The molecule has 0 fully saturated rings. The van der Waals surface area contributed by atoms with Crippen molar-refractivity contribution < 1.29 is 27.5 Å². The molecule has 35 heavy (non-hydrogen) atoms. The van der Waals surface area contributed by atoms with E-state index in [-0.39, 0.29) is 23.9 Å². The summed E-state index contributed by atoms with van der Waals surface area (Å²) in [6, 6.07) is 12.4. The minimum atomic E-state index is -3.74. The highest BCUT2D eigenvalue weighted by Crippen LogP contribution is 2.35. The molecule has 10 nitrogen and oxygen atoms in total. The number of carbonyl (C=O) groups excluding carboxylic acids is 2. The number of carbonyl (C=O) groups is 2. The molecular weight excluding hydrogens is 472 g/mol. The van der Waals surface area contributed by atoms with Crippen molar-refractivity contribution in [1.82, 2.24) is 19.8 Å². The van der Waals surface area contributed by atoms with E-state index >= 15 is 0 Å². The van der Waals surface area contributed by atoms with Gasteiger partial charge in [-0.25, -0.2) is 13.2 Å². The zero-order chi connectivity index (χ0) is 24.6. The number of amides is 3. The van der Waals surface area contributed by atoms with Gasteiger partial charge in [0, 0.05) is 39.3 Å². The van der Waals surface area contributed by atoms with Crippen molar-refractivity contribution in [3.63, 3.8) is 0 Å². The summed E-state index contributed by atoms with van der Waals surface area (Å²) in [5.41, 5.74) is 2.49. The molecule has 0 bridgehead atoms. The van der Waals surface area contributed by atoms with Crippen LogP contribution in [-0.4, -0.2) is 76.0 Å². The SMILES string of the molecule is CNC(=O)NC(C(=O)N1CC2=C(C1)CN(S(=O)(=O)c1ccc3c(c1)OCCO3)C2)c1ccccc1. The van der Waals surface area contributed by atoms with Crippen molar-refractivity contribution in [1.29, 1.82) is 0 Å². The Hall–Kier alpha value is -3.57. The maximum Gasteiger partial charge on any atom is 0.315 e. The predicted octanol–water partition coefficient (Wildman–Crippen LogP) is 1.27. The number of ether oxygens (including phenoxy) is 2. The Bertz CT molecular complexity index is 1280. The lowest BCUT2D eigenvalue weighted by molar-refractivity contribution is -0.132. The molecular formula is C24H26N4O6S. The fourth-order valence-electron chi connectivity index (χ4n) is 4.52. The van der Waals surface area contributed by atoms with Crippen LogP contribution in [0, 0.1) is 0 Å². The maximum atomic E-state index is 13.4. The van der Waals surface area contributed by atoms with Crippen LogP contribution in [0.15, 0.2) is 64.6 Å². The Kier molecular flexibility index (Phi) is 6.12. The first kappa shape index (κ1) is 23.2. The number of nitrogens with one attached hydrogen (secondary N) is 2. The lowest BCUT2D eigenvalue weighted by Gasteiger charge is -2.27. The van der Waals surface area contributed by atoms with Crippen LogP contribution in [0.1, 0.15) is 11.6 Å². The van der Waals surface area contributed by atoms with Crippen molar-refractivity contribution in [2.75, 3.05) is 46.4 Å². The number of fused-ring (bicyclic) bond motifs is 1. The zero-order valence-electron chi connectivity index (χ0n) is 19.2. The molecule has 5 rings (SSSR count). The molecule has 0 saturated heterocycles. The molecule has 3 aliphatic rings. The Morgan fingerprint density at radius 2 is 1.57 bits per heavy atom. The fraction of sp³-hybridized carbons (Fsp3) is 0.333. The van der Waals surface area contributed by atoms with Crippen LogP contribution in [-0.2, 0) is 14.8 Å². The third-order valence-corrected chi connectivity index (χ3v) is 8.13. The van der Waals surface area contributed by atoms with Gasteiger partial charge in [0.1, 0.15) is 19.3 Å². The van der Waals surface area contributed by atoms with Crippen LogP contribution in [0.25, 0.3) is 0 Å². The van der Waals surface area contributed by atoms with Crippen LogP contribution in [0.5, 0.6) is 11.5 Å². The molecule has 0 aromatic heterocycles. The lowest BCUT2D eigenvalue weighted by Crippen LogP contribution is -2.45. The van der Waals surface area contributed by atoms with E-state index in [1.54, 1.807) is 23.1 Å². The van der Waals surface area contributed by atoms with E-state index in [4.69, 9.17) is 9.47 Å². The Morgan fingerprint density at radius 1 is 0.914 bits per heavy atom. The number of nitrogens with zero attached hydrogens (tertiary/aromatic N) is 2. The smallest absolute Gasteiger partial charge is 0.315 e. The largest absolute Gasteiger partial charge is 0.486 e. The molecule has 0 radical (unpaired) electrons. The van der Waals surface area contributed by atoms with E-state index in [0.29, 0.717) is 43.4 Å². The summed E-state index contributed by atoms with van der Waals surface area (Å²) in [6.07, 6.45) is 0. The topological polar surface area (TPSA) is 117 Å². The molecule has 2 N–H and O–H groups in total. The quantitative estimate of drug-likeness (QED) is 0.600. The van der Waals surface area contributed by atoms with Gasteiger partial charge < -0.3 is 25.0 Å². The minimum absolute atomic E-state index is 0.148. The molecule has 184 valence electrons. The van der Waals surface area contributed by atoms with E-state index in [9.17, 15) is 18.0 Å². The molecule has 0 spiro atoms. The van der Waals surface area contributed by atoms with E-state index in [1.807, 2.05) is 18.2 Å². The van der Waals surface area contributed by atoms with Crippen LogP contribution in [0.2, 0.25) is 0 Å². The van der Waals surface area contributed by atoms with Crippen LogP contribution >= 0.6 is 0 Å². The highest BCUT2D eigenvalue weighted by molar-refractivity contribution is 7.89. The Balaban J connectivity index is 1.28. The molecule has 3 heterocycles. The van der Waals surface area contributed by atoms with E-state index in [1.165, 1.54) is 23.5 Å². The van der Waals surface area contributed by atoms with Crippen LogP contribution in [0.3, 0.4) is 0 Å². The average molecular weight is 499 g/mol. The zero-order valence-corrected chi connectivity index (χ0v) is 20.0. The van der Waals surface area contributed by atoms with Gasteiger partial charge >= 0.3 is 6.03 Å². The van der Waals surface area contributed by atoms with E-state index in [2.05, 4.69) is 10.6 Å². The van der Waals surface area contributed by atoms with Crippen molar-refractivity contribution in [2.24, 2.45) is 0 Å². The van der Waals surface area contributed by atoms with Crippen LogP contribution < -0.4 is 20.1 Å². The van der Waals surface area contributed by atoms with E-state index in [0.717, 1.165) is 11.1 Å². The van der Waals surface area contributed by atoms with Gasteiger partial charge in [-0.3, -0.25) is 4.79 Å². The Morgan fingerprint density at radius 3 is 2.23 bits per heavy atom. The first-order valence-corrected chi connectivity index (χ1v) is 12.7. The highest BCUT2D eigenvalue weighted by atomic mass is 32.2. The molecule has 3 aliphatic heterocycles. The second-order valence-electron chi connectivity index (χ2n) is 8.55. The van der Waals surface area contributed by atoms with Crippen molar-refractivity contribution >= 4 is 22.0 Å². The summed E-state index contributed by atoms with van der Waals surface area (Å²) >= 11 is 0. The second-order valence-corrected chi connectivity index (χ2v) is 10.5. The Labute approximate surface area is 203 Å². The summed E-state index contributed by atoms with van der Waals surface area (Å²) in [5.74, 6) is 0.713. The van der Waals surface area contributed by atoms with Gasteiger partial charge in [-0.15, -0.1) is 0 Å². The minimum Gasteiger partial charge on any atom is -0.486 e. The molecule has 1 atom stereocenters. The molecule has 1 unspecified atom stereocenters. The number of sulfonamides is 1. The fourth-order valence-corrected chi connectivity index (χ4v) is 5.97. The summed E-state index contributed by atoms with van der Waals surface area (Å²) in [6.45, 7) is 1.88. The highest BCUT2D eigenvalue weighted by Gasteiger charge is 2.39. The third-order valence-electron chi connectivity index (χ3n) is 6.34. The lowest BCUT2D eigenvalue weighted by atomic mass is 10.1. The molecule has 11 heteroatoms. The summed E-state index contributed by atoms with van der Waals surface area (Å²) < 4.78 is 39.0. The monoisotopic (exact) mass is 498 g/mol. The van der Waals surface area contributed by atoms with Crippen molar-refractivity contribution in [3.8, 4) is 11.5 Å². The van der Waals surface area contributed by atoms with E-state index < -0.39 is 22.1 Å². The third kappa shape index (κ3) is 4.44. The second kappa shape index (κ2) is 9.23. The maximum absolute atomic E-state index is 13.4. The van der Waals surface area contributed by atoms with Gasteiger partial charge in [-0.1, -0.05) is 30.3 Å². The first-order valence-electron chi connectivity index (χ1n) is 11.3. The standard InChI is InChI=1S/C24H26N4O6S/c1-25-24(30)26-22(16-5-3-2-4-6-16)23(29)27-12-17-14-28(15-18(17)13-27)35(31,32)19-7-8-20-21(11-19)34-10-9-33-20/h2-8,11,22H,9-10,12-15H2,1H3,(H2,25,26,30). The molecule has 0 saturated carbocycles. The number of hydrogen-bond acceptors (Lipinski definition) is 6. The molecule has 3 amide bonds. The number of rotatable bonds is 5.